The first kappa shape index (κ1) is 13.7. The summed E-state index contributed by atoms with van der Waals surface area (Å²) < 4.78 is 0.388. The molecule has 0 spiro atoms. The lowest BCUT2D eigenvalue weighted by Gasteiger charge is -2.53. The second kappa shape index (κ2) is 4.43. The van der Waals surface area contributed by atoms with E-state index in [-0.39, 0.29) is 5.54 Å². The largest absolute Gasteiger partial charge is 0.329 e. The Morgan fingerprint density at radius 1 is 1.18 bits per heavy atom. The molecule has 1 unspecified atom stereocenters. The van der Waals surface area contributed by atoms with E-state index in [9.17, 15) is 0 Å². The van der Waals surface area contributed by atoms with Gasteiger partial charge >= 0.3 is 0 Å². The highest BCUT2D eigenvalue weighted by Gasteiger charge is 2.52. The normalized spacial score (nSPS) is 37.2. The molecule has 2 rings (SSSR count). The second-order valence-electron chi connectivity index (χ2n) is 7.00. The molecule has 1 saturated heterocycles. The van der Waals surface area contributed by atoms with E-state index in [0.717, 1.165) is 6.54 Å². The summed E-state index contributed by atoms with van der Waals surface area (Å²) in [5, 5.41) is 0. The third-order valence-electron chi connectivity index (χ3n) is 5.02. The molecular formula is C14H28N2S. The Morgan fingerprint density at radius 2 is 1.88 bits per heavy atom. The predicted molar refractivity (Wildman–Crippen MR) is 77.5 cm³/mol. The monoisotopic (exact) mass is 256 g/mol. The molecule has 1 aliphatic carbocycles. The van der Waals surface area contributed by atoms with Gasteiger partial charge in [-0.15, -0.1) is 0 Å². The lowest BCUT2D eigenvalue weighted by Crippen LogP contribution is -2.63. The van der Waals surface area contributed by atoms with Crippen LogP contribution in [0.1, 0.15) is 47.0 Å². The molecule has 3 heteroatoms. The first-order chi connectivity index (χ1) is 7.83. The van der Waals surface area contributed by atoms with E-state index in [1.54, 1.807) is 0 Å². The van der Waals surface area contributed by atoms with Crippen molar-refractivity contribution >= 4 is 11.8 Å². The molecule has 0 aromatic heterocycles. The smallest absolute Gasteiger partial charge is 0.0383 e. The number of nitrogens with zero attached hydrogens (tertiary/aromatic N) is 1. The summed E-state index contributed by atoms with van der Waals surface area (Å²) in [4.78, 5) is 2.72. The van der Waals surface area contributed by atoms with Crippen LogP contribution in [0.2, 0.25) is 0 Å². The van der Waals surface area contributed by atoms with E-state index in [0.29, 0.717) is 10.2 Å². The maximum atomic E-state index is 6.22. The zero-order valence-corrected chi connectivity index (χ0v) is 12.7. The number of hydrogen-bond donors (Lipinski definition) is 1. The summed E-state index contributed by atoms with van der Waals surface area (Å²) in [5.74, 6) is 1.25. The number of hydrogen-bond acceptors (Lipinski definition) is 3. The standard InChI is InChI=1S/C14H28N2S/c1-12(2)6-5-7-14(12,10-15)16-8-9-17-13(3,4)11-16/h5-11,15H2,1-4H3. The third kappa shape index (κ3) is 2.26. The van der Waals surface area contributed by atoms with Crippen molar-refractivity contribution in [3.05, 3.63) is 0 Å². The first-order valence-corrected chi connectivity index (χ1v) is 7.91. The molecule has 2 nitrogen and oxygen atoms in total. The van der Waals surface area contributed by atoms with E-state index in [4.69, 9.17) is 5.73 Å². The van der Waals surface area contributed by atoms with Gasteiger partial charge in [0, 0.05) is 35.7 Å². The number of rotatable bonds is 2. The minimum absolute atomic E-state index is 0.255. The van der Waals surface area contributed by atoms with Crippen LogP contribution in [-0.2, 0) is 0 Å². The molecule has 2 N–H and O–H groups in total. The van der Waals surface area contributed by atoms with Crippen LogP contribution in [0.25, 0.3) is 0 Å². The van der Waals surface area contributed by atoms with Crippen LogP contribution >= 0.6 is 11.8 Å². The topological polar surface area (TPSA) is 29.3 Å². The van der Waals surface area contributed by atoms with Crippen molar-refractivity contribution in [2.45, 2.75) is 57.2 Å². The Bertz CT molecular complexity index is 288. The average Bonchev–Trinajstić information content (AvgIpc) is 2.52. The number of nitrogens with two attached hydrogens (primary N) is 1. The minimum Gasteiger partial charge on any atom is -0.329 e. The molecular weight excluding hydrogens is 228 g/mol. The van der Waals surface area contributed by atoms with E-state index >= 15 is 0 Å². The van der Waals surface area contributed by atoms with Crippen LogP contribution in [-0.4, -0.2) is 40.6 Å². The van der Waals surface area contributed by atoms with Crippen molar-refractivity contribution in [1.29, 1.82) is 0 Å². The second-order valence-corrected chi connectivity index (χ2v) is 8.80. The summed E-state index contributed by atoms with van der Waals surface area (Å²) in [6.45, 7) is 12.8. The van der Waals surface area contributed by atoms with E-state index in [2.05, 4.69) is 44.4 Å². The minimum atomic E-state index is 0.255. The van der Waals surface area contributed by atoms with Gasteiger partial charge in [0.05, 0.1) is 0 Å². The molecule has 0 amide bonds. The Balaban J connectivity index is 2.24. The van der Waals surface area contributed by atoms with Gasteiger partial charge in [-0.3, -0.25) is 4.90 Å². The van der Waals surface area contributed by atoms with Gasteiger partial charge in [-0.2, -0.15) is 11.8 Å². The maximum Gasteiger partial charge on any atom is 0.0383 e. The highest BCUT2D eigenvalue weighted by molar-refractivity contribution is 8.00. The Hall–Kier alpha value is 0.270. The molecule has 1 aliphatic heterocycles. The van der Waals surface area contributed by atoms with Gasteiger partial charge < -0.3 is 5.73 Å². The van der Waals surface area contributed by atoms with Gasteiger partial charge in [-0.05, 0) is 32.1 Å². The van der Waals surface area contributed by atoms with Crippen molar-refractivity contribution in [2.24, 2.45) is 11.1 Å². The fraction of sp³-hybridized carbons (Fsp3) is 1.00. The molecule has 2 fully saturated rings. The lowest BCUT2D eigenvalue weighted by molar-refractivity contribution is 0.00960. The van der Waals surface area contributed by atoms with Gasteiger partial charge in [0.15, 0.2) is 0 Å². The van der Waals surface area contributed by atoms with Crippen molar-refractivity contribution in [2.75, 3.05) is 25.4 Å². The van der Waals surface area contributed by atoms with Crippen molar-refractivity contribution in [3.63, 3.8) is 0 Å². The molecule has 100 valence electrons. The molecule has 1 heterocycles. The Morgan fingerprint density at radius 3 is 2.35 bits per heavy atom. The zero-order valence-electron chi connectivity index (χ0n) is 11.9. The van der Waals surface area contributed by atoms with Gasteiger partial charge in [-0.25, -0.2) is 0 Å². The molecule has 0 bridgehead atoms. The maximum absolute atomic E-state index is 6.22. The van der Waals surface area contributed by atoms with E-state index in [1.165, 1.54) is 38.1 Å². The van der Waals surface area contributed by atoms with Gasteiger partial charge in [0.2, 0.25) is 0 Å². The predicted octanol–water partition coefficient (Wildman–Crippen LogP) is 2.72. The summed E-state index contributed by atoms with van der Waals surface area (Å²) in [7, 11) is 0. The SMILES string of the molecule is CC1(C)CN(C2(CN)CCCC2(C)C)CCS1. The molecule has 0 aromatic rings. The highest BCUT2D eigenvalue weighted by Crippen LogP contribution is 2.50. The molecule has 2 aliphatic rings. The average molecular weight is 256 g/mol. The molecule has 0 radical (unpaired) electrons. The summed E-state index contributed by atoms with van der Waals surface area (Å²) in [6.07, 6.45) is 3.96. The first-order valence-electron chi connectivity index (χ1n) is 6.92. The van der Waals surface area contributed by atoms with Gasteiger partial charge in [0.25, 0.3) is 0 Å². The van der Waals surface area contributed by atoms with E-state index < -0.39 is 0 Å². The van der Waals surface area contributed by atoms with Crippen LogP contribution in [0.3, 0.4) is 0 Å². The van der Waals surface area contributed by atoms with Crippen LogP contribution in [0.5, 0.6) is 0 Å². The van der Waals surface area contributed by atoms with Crippen LogP contribution in [0, 0.1) is 5.41 Å². The van der Waals surface area contributed by atoms with Crippen molar-refractivity contribution < 1.29 is 0 Å². The van der Waals surface area contributed by atoms with Crippen molar-refractivity contribution in [1.82, 2.24) is 4.90 Å². The quantitative estimate of drug-likeness (QED) is 0.824. The van der Waals surface area contributed by atoms with Gasteiger partial charge in [-0.1, -0.05) is 20.3 Å². The Labute approximate surface area is 111 Å². The summed E-state index contributed by atoms with van der Waals surface area (Å²) >= 11 is 2.11. The fourth-order valence-electron chi connectivity index (χ4n) is 3.87. The fourth-order valence-corrected chi connectivity index (χ4v) is 4.98. The molecule has 1 atom stereocenters. The summed E-state index contributed by atoms with van der Waals surface area (Å²) in [6, 6.07) is 0. The Kier molecular flexibility index (Phi) is 3.57. The molecule has 1 saturated carbocycles. The lowest BCUT2D eigenvalue weighted by atomic mass is 9.73. The van der Waals surface area contributed by atoms with Crippen LogP contribution in [0.15, 0.2) is 0 Å². The summed E-state index contributed by atoms with van der Waals surface area (Å²) in [5.41, 5.74) is 6.85. The van der Waals surface area contributed by atoms with Gasteiger partial charge in [0.1, 0.15) is 0 Å². The number of thioether (sulfide) groups is 1. The third-order valence-corrected chi connectivity index (χ3v) is 6.32. The van der Waals surface area contributed by atoms with Crippen LogP contribution < -0.4 is 5.73 Å². The zero-order chi connectivity index (χ0) is 12.7. The van der Waals surface area contributed by atoms with Crippen molar-refractivity contribution in [3.8, 4) is 0 Å². The highest BCUT2D eigenvalue weighted by atomic mass is 32.2. The van der Waals surface area contributed by atoms with Crippen LogP contribution in [0.4, 0.5) is 0 Å². The van der Waals surface area contributed by atoms with E-state index in [1.807, 2.05) is 0 Å². The molecule has 0 aromatic carbocycles. The molecule has 17 heavy (non-hydrogen) atoms.